The first-order chi connectivity index (χ1) is 11.4. The Balaban J connectivity index is 2.05. The minimum atomic E-state index is -4.61. The van der Waals surface area contributed by atoms with Crippen LogP contribution in [0.1, 0.15) is 5.69 Å². The van der Waals surface area contributed by atoms with Crippen molar-refractivity contribution in [2.75, 3.05) is 5.32 Å². The summed E-state index contributed by atoms with van der Waals surface area (Å²) in [5.41, 5.74) is -0.246. The Morgan fingerprint density at radius 2 is 1.71 bits per heavy atom. The van der Waals surface area contributed by atoms with Crippen molar-refractivity contribution < 1.29 is 18.3 Å². The van der Waals surface area contributed by atoms with Crippen LogP contribution in [0.15, 0.2) is 54.9 Å². The number of aromatic nitrogens is 3. The van der Waals surface area contributed by atoms with E-state index in [4.69, 9.17) is 0 Å². The third-order valence-corrected chi connectivity index (χ3v) is 3.07. The lowest BCUT2D eigenvalue weighted by Gasteiger charge is -2.12. The number of hydrogen-bond acceptors (Lipinski definition) is 5. The van der Waals surface area contributed by atoms with E-state index >= 15 is 0 Å². The van der Waals surface area contributed by atoms with Gasteiger partial charge in [-0.2, -0.15) is 13.2 Å². The first-order valence-corrected chi connectivity index (χ1v) is 6.84. The largest absolute Gasteiger partial charge is 0.508 e. The fourth-order valence-corrected chi connectivity index (χ4v) is 2.02. The Bertz CT molecular complexity index is 853. The molecular weight excluding hydrogens is 321 g/mol. The number of halogens is 3. The van der Waals surface area contributed by atoms with Crippen LogP contribution in [0.3, 0.4) is 0 Å². The molecular formula is C16H11F3N4O. The molecule has 0 amide bonds. The Morgan fingerprint density at radius 3 is 2.38 bits per heavy atom. The van der Waals surface area contributed by atoms with Gasteiger partial charge in [-0.1, -0.05) is 6.07 Å². The second kappa shape index (κ2) is 6.15. The summed E-state index contributed by atoms with van der Waals surface area (Å²) in [5, 5.41) is 12.2. The standard InChI is InChI=1S/C16H11F3N4O/c17-16(18,19)13-9-14(21-11-2-1-3-12(24)8-11)23-15(22-13)10-4-6-20-7-5-10/h1-9,24H,(H,21,22,23). The van der Waals surface area contributed by atoms with Gasteiger partial charge < -0.3 is 10.4 Å². The molecule has 0 saturated heterocycles. The molecule has 0 unspecified atom stereocenters. The highest BCUT2D eigenvalue weighted by Crippen LogP contribution is 2.31. The summed E-state index contributed by atoms with van der Waals surface area (Å²) in [5.74, 6) is -0.121. The Kier molecular flexibility index (Phi) is 4.03. The van der Waals surface area contributed by atoms with E-state index in [1.54, 1.807) is 12.1 Å². The van der Waals surface area contributed by atoms with Gasteiger partial charge >= 0.3 is 6.18 Å². The van der Waals surface area contributed by atoms with Gasteiger partial charge in [0.2, 0.25) is 0 Å². The SMILES string of the molecule is Oc1cccc(Nc2cc(C(F)(F)F)nc(-c3ccncc3)n2)c1. The van der Waals surface area contributed by atoms with E-state index in [0.717, 1.165) is 6.07 Å². The summed E-state index contributed by atoms with van der Waals surface area (Å²) in [7, 11) is 0. The van der Waals surface area contributed by atoms with E-state index in [1.165, 1.54) is 36.7 Å². The lowest BCUT2D eigenvalue weighted by Crippen LogP contribution is -2.11. The molecule has 0 fully saturated rings. The maximum Gasteiger partial charge on any atom is 0.433 e. The fraction of sp³-hybridized carbons (Fsp3) is 0.0625. The van der Waals surface area contributed by atoms with Crippen molar-refractivity contribution in [1.82, 2.24) is 15.0 Å². The molecule has 0 spiro atoms. The van der Waals surface area contributed by atoms with E-state index in [0.29, 0.717) is 11.3 Å². The van der Waals surface area contributed by atoms with E-state index in [-0.39, 0.29) is 17.4 Å². The predicted molar refractivity (Wildman–Crippen MR) is 81.7 cm³/mol. The molecule has 2 heterocycles. The molecule has 24 heavy (non-hydrogen) atoms. The van der Waals surface area contributed by atoms with Crippen LogP contribution < -0.4 is 5.32 Å². The smallest absolute Gasteiger partial charge is 0.433 e. The van der Waals surface area contributed by atoms with Gasteiger partial charge in [-0.05, 0) is 24.3 Å². The molecule has 1 aromatic carbocycles. The molecule has 0 atom stereocenters. The van der Waals surface area contributed by atoms with Gasteiger partial charge in [-0.3, -0.25) is 4.98 Å². The number of phenolic OH excluding ortho intramolecular Hbond substituents is 1. The third kappa shape index (κ3) is 3.60. The number of pyridine rings is 1. The molecule has 8 heteroatoms. The molecule has 0 aliphatic rings. The first kappa shape index (κ1) is 15.7. The van der Waals surface area contributed by atoms with Crippen LogP contribution in [-0.4, -0.2) is 20.1 Å². The number of phenols is 1. The number of hydrogen-bond donors (Lipinski definition) is 2. The zero-order valence-electron chi connectivity index (χ0n) is 12.1. The van der Waals surface area contributed by atoms with Crippen molar-refractivity contribution in [2.24, 2.45) is 0 Å². The van der Waals surface area contributed by atoms with Crippen LogP contribution in [0.5, 0.6) is 5.75 Å². The van der Waals surface area contributed by atoms with Crippen LogP contribution in [0.2, 0.25) is 0 Å². The number of aromatic hydroxyl groups is 1. The minimum Gasteiger partial charge on any atom is -0.508 e. The summed E-state index contributed by atoms with van der Waals surface area (Å²) in [4.78, 5) is 11.5. The quantitative estimate of drug-likeness (QED) is 0.758. The van der Waals surface area contributed by atoms with Crippen LogP contribution in [0, 0.1) is 0 Å². The normalized spacial score (nSPS) is 11.3. The first-order valence-electron chi connectivity index (χ1n) is 6.84. The number of nitrogens with one attached hydrogen (secondary N) is 1. The summed E-state index contributed by atoms with van der Waals surface area (Å²) in [6.45, 7) is 0. The van der Waals surface area contributed by atoms with E-state index < -0.39 is 11.9 Å². The van der Waals surface area contributed by atoms with Gasteiger partial charge in [0.05, 0.1) is 0 Å². The average molecular weight is 332 g/mol. The van der Waals surface area contributed by atoms with Crippen molar-refractivity contribution in [3.63, 3.8) is 0 Å². The molecule has 3 aromatic rings. The Hall–Kier alpha value is -3.16. The van der Waals surface area contributed by atoms with Gasteiger partial charge in [-0.25, -0.2) is 9.97 Å². The van der Waals surface area contributed by atoms with Crippen LogP contribution in [0.4, 0.5) is 24.7 Å². The molecule has 0 aliphatic carbocycles. The maximum atomic E-state index is 13.1. The lowest BCUT2D eigenvalue weighted by atomic mass is 10.2. The molecule has 0 bridgehead atoms. The van der Waals surface area contributed by atoms with Gasteiger partial charge in [0.15, 0.2) is 11.5 Å². The van der Waals surface area contributed by atoms with Crippen molar-refractivity contribution in [2.45, 2.75) is 6.18 Å². The number of anilines is 2. The number of alkyl halides is 3. The van der Waals surface area contributed by atoms with Crippen molar-refractivity contribution >= 4 is 11.5 Å². The Morgan fingerprint density at radius 1 is 0.958 bits per heavy atom. The van der Waals surface area contributed by atoms with Gasteiger partial charge in [-0.15, -0.1) is 0 Å². The molecule has 2 N–H and O–H groups in total. The summed E-state index contributed by atoms with van der Waals surface area (Å²) < 4.78 is 39.3. The summed E-state index contributed by atoms with van der Waals surface area (Å²) in [6, 6.07) is 9.85. The van der Waals surface area contributed by atoms with Crippen LogP contribution >= 0.6 is 0 Å². The molecule has 0 radical (unpaired) electrons. The van der Waals surface area contributed by atoms with Gasteiger partial charge in [0, 0.05) is 35.8 Å². The van der Waals surface area contributed by atoms with Gasteiger partial charge in [0.25, 0.3) is 0 Å². The van der Waals surface area contributed by atoms with Gasteiger partial charge in [0.1, 0.15) is 11.6 Å². The fourth-order valence-electron chi connectivity index (χ4n) is 2.02. The molecule has 122 valence electrons. The number of benzene rings is 1. The molecule has 2 aromatic heterocycles. The third-order valence-electron chi connectivity index (χ3n) is 3.07. The predicted octanol–water partition coefficient (Wildman–Crippen LogP) is 4.01. The summed E-state index contributed by atoms with van der Waals surface area (Å²) in [6.07, 6.45) is -1.72. The van der Waals surface area contributed by atoms with E-state index in [2.05, 4.69) is 20.3 Å². The average Bonchev–Trinajstić information content (AvgIpc) is 2.54. The highest BCUT2D eigenvalue weighted by molar-refractivity contribution is 5.62. The number of nitrogens with zero attached hydrogens (tertiary/aromatic N) is 3. The van der Waals surface area contributed by atoms with Crippen molar-refractivity contribution in [1.29, 1.82) is 0 Å². The molecule has 3 rings (SSSR count). The van der Waals surface area contributed by atoms with Crippen molar-refractivity contribution in [3.05, 3.63) is 60.6 Å². The second-order valence-electron chi connectivity index (χ2n) is 4.87. The molecule has 5 nitrogen and oxygen atoms in total. The summed E-state index contributed by atoms with van der Waals surface area (Å²) >= 11 is 0. The lowest BCUT2D eigenvalue weighted by molar-refractivity contribution is -0.141. The zero-order chi connectivity index (χ0) is 17.2. The topological polar surface area (TPSA) is 70.9 Å². The van der Waals surface area contributed by atoms with Crippen molar-refractivity contribution in [3.8, 4) is 17.1 Å². The molecule has 0 saturated carbocycles. The van der Waals surface area contributed by atoms with Crippen LogP contribution in [-0.2, 0) is 6.18 Å². The monoisotopic (exact) mass is 332 g/mol. The minimum absolute atomic E-state index is 0.0144. The van der Waals surface area contributed by atoms with E-state index in [1.807, 2.05) is 0 Å². The van der Waals surface area contributed by atoms with Crippen LogP contribution in [0.25, 0.3) is 11.4 Å². The number of rotatable bonds is 3. The molecule has 0 aliphatic heterocycles. The second-order valence-corrected chi connectivity index (χ2v) is 4.87. The highest BCUT2D eigenvalue weighted by Gasteiger charge is 2.33. The zero-order valence-corrected chi connectivity index (χ0v) is 12.1. The maximum absolute atomic E-state index is 13.1. The van der Waals surface area contributed by atoms with E-state index in [9.17, 15) is 18.3 Å². The Labute approximate surface area is 134 Å². The highest BCUT2D eigenvalue weighted by atomic mass is 19.4.